The van der Waals surface area contributed by atoms with Gasteiger partial charge in [0.05, 0.1) is 0 Å². The van der Waals surface area contributed by atoms with E-state index in [1.54, 1.807) is 31.3 Å². The molecule has 0 spiro atoms. The second-order valence-electron chi connectivity index (χ2n) is 3.96. The molecule has 3 rings (SSSR count). The SMILES string of the molecule is CN1C(=O)NC(=O)/C1=C/c1ccc2c(c1)OCO2. The van der Waals surface area contributed by atoms with Crippen molar-refractivity contribution in [3.63, 3.8) is 0 Å². The van der Waals surface area contributed by atoms with Gasteiger partial charge in [-0.1, -0.05) is 6.07 Å². The highest BCUT2D eigenvalue weighted by molar-refractivity contribution is 6.13. The summed E-state index contributed by atoms with van der Waals surface area (Å²) < 4.78 is 10.4. The van der Waals surface area contributed by atoms with Gasteiger partial charge in [-0.15, -0.1) is 0 Å². The number of rotatable bonds is 1. The van der Waals surface area contributed by atoms with E-state index >= 15 is 0 Å². The molecule has 18 heavy (non-hydrogen) atoms. The minimum Gasteiger partial charge on any atom is -0.454 e. The number of fused-ring (bicyclic) bond motifs is 1. The lowest BCUT2D eigenvalue weighted by molar-refractivity contribution is -0.115. The standard InChI is InChI=1S/C12H10N2O4/c1-14-8(11(15)13-12(14)16)4-7-2-3-9-10(5-7)18-6-17-9/h2-5H,6H2,1H3,(H,13,15,16)/b8-4-. The number of likely N-dealkylation sites (N-methyl/N-ethyl adjacent to an activating group) is 1. The van der Waals surface area contributed by atoms with Gasteiger partial charge in [-0.2, -0.15) is 0 Å². The number of benzene rings is 1. The minimum atomic E-state index is -0.424. The zero-order valence-electron chi connectivity index (χ0n) is 9.60. The van der Waals surface area contributed by atoms with E-state index in [-0.39, 0.29) is 6.79 Å². The van der Waals surface area contributed by atoms with Gasteiger partial charge in [0.25, 0.3) is 5.91 Å². The van der Waals surface area contributed by atoms with E-state index in [4.69, 9.17) is 9.47 Å². The van der Waals surface area contributed by atoms with Gasteiger partial charge in [-0.3, -0.25) is 15.0 Å². The summed E-state index contributed by atoms with van der Waals surface area (Å²) in [5, 5.41) is 2.21. The monoisotopic (exact) mass is 246 g/mol. The van der Waals surface area contributed by atoms with E-state index in [1.807, 2.05) is 0 Å². The summed E-state index contributed by atoms with van der Waals surface area (Å²) >= 11 is 0. The van der Waals surface area contributed by atoms with E-state index in [2.05, 4.69) is 5.32 Å². The summed E-state index contributed by atoms with van der Waals surface area (Å²) in [5.74, 6) is 0.911. The van der Waals surface area contributed by atoms with Gasteiger partial charge < -0.3 is 9.47 Å². The van der Waals surface area contributed by atoms with E-state index in [1.165, 1.54) is 4.90 Å². The van der Waals surface area contributed by atoms with Crippen LogP contribution in [0.5, 0.6) is 11.5 Å². The normalized spacial score (nSPS) is 19.6. The maximum absolute atomic E-state index is 11.5. The van der Waals surface area contributed by atoms with Crippen LogP contribution in [0.1, 0.15) is 5.56 Å². The topological polar surface area (TPSA) is 67.9 Å². The lowest BCUT2D eigenvalue weighted by atomic mass is 10.1. The highest BCUT2D eigenvalue weighted by atomic mass is 16.7. The summed E-state index contributed by atoms with van der Waals surface area (Å²) in [7, 11) is 1.54. The molecule has 1 aromatic rings. The summed E-state index contributed by atoms with van der Waals surface area (Å²) in [6, 6.07) is 4.90. The molecule has 1 saturated heterocycles. The first-order valence-corrected chi connectivity index (χ1v) is 5.35. The van der Waals surface area contributed by atoms with E-state index in [0.29, 0.717) is 17.2 Å². The third-order valence-electron chi connectivity index (χ3n) is 2.82. The number of ether oxygens (including phenoxy) is 2. The van der Waals surface area contributed by atoms with Crippen LogP contribution < -0.4 is 14.8 Å². The molecule has 0 aliphatic carbocycles. The molecule has 2 aliphatic heterocycles. The Balaban J connectivity index is 1.97. The molecule has 2 aliphatic rings. The number of urea groups is 1. The number of amides is 3. The van der Waals surface area contributed by atoms with Gasteiger partial charge in [-0.25, -0.2) is 4.79 Å². The van der Waals surface area contributed by atoms with Crippen molar-refractivity contribution in [2.45, 2.75) is 0 Å². The van der Waals surface area contributed by atoms with E-state index in [9.17, 15) is 9.59 Å². The maximum Gasteiger partial charge on any atom is 0.328 e. The molecule has 6 heteroatoms. The lowest BCUT2D eigenvalue weighted by Gasteiger charge is -2.06. The average Bonchev–Trinajstić information content (AvgIpc) is 2.89. The number of carbonyl (C=O) groups excluding carboxylic acids is 2. The van der Waals surface area contributed by atoms with Crippen molar-refractivity contribution in [1.82, 2.24) is 10.2 Å². The summed E-state index contributed by atoms with van der Waals surface area (Å²) in [6.45, 7) is 0.203. The molecule has 0 saturated carbocycles. The molecule has 0 unspecified atom stereocenters. The second kappa shape index (κ2) is 3.76. The third-order valence-corrected chi connectivity index (χ3v) is 2.82. The van der Waals surface area contributed by atoms with Crippen LogP contribution in [0.25, 0.3) is 6.08 Å². The first-order valence-electron chi connectivity index (χ1n) is 5.35. The Morgan fingerprint density at radius 1 is 1.28 bits per heavy atom. The molecule has 0 atom stereocenters. The van der Waals surface area contributed by atoms with Crippen molar-refractivity contribution < 1.29 is 19.1 Å². The van der Waals surface area contributed by atoms with Gasteiger partial charge in [0.15, 0.2) is 11.5 Å². The van der Waals surface area contributed by atoms with E-state index in [0.717, 1.165) is 5.56 Å². The van der Waals surface area contributed by atoms with Gasteiger partial charge >= 0.3 is 6.03 Å². The van der Waals surface area contributed by atoms with Crippen LogP contribution in [0.2, 0.25) is 0 Å². The highest BCUT2D eigenvalue weighted by Crippen LogP contribution is 2.33. The number of carbonyl (C=O) groups is 2. The van der Waals surface area contributed by atoms with Crippen LogP contribution in [0.4, 0.5) is 4.79 Å². The molecule has 92 valence electrons. The first-order chi connectivity index (χ1) is 8.65. The molecule has 0 radical (unpaired) electrons. The van der Waals surface area contributed by atoms with Crippen molar-refractivity contribution in [2.75, 3.05) is 13.8 Å². The molecular formula is C12H10N2O4. The Bertz CT molecular complexity index is 579. The summed E-state index contributed by atoms with van der Waals surface area (Å²) in [5.41, 5.74) is 1.07. The third kappa shape index (κ3) is 1.58. The van der Waals surface area contributed by atoms with Crippen molar-refractivity contribution in [1.29, 1.82) is 0 Å². The summed E-state index contributed by atoms with van der Waals surface area (Å²) in [4.78, 5) is 24.1. The maximum atomic E-state index is 11.5. The van der Waals surface area contributed by atoms with Gasteiger partial charge in [0.2, 0.25) is 6.79 Å². The van der Waals surface area contributed by atoms with Crippen molar-refractivity contribution >= 4 is 18.0 Å². The highest BCUT2D eigenvalue weighted by Gasteiger charge is 2.29. The fourth-order valence-corrected chi connectivity index (χ4v) is 1.83. The van der Waals surface area contributed by atoms with Crippen LogP contribution in [-0.2, 0) is 4.79 Å². The van der Waals surface area contributed by atoms with Gasteiger partial charge in [0.1, 0.15) is 5.70 Å². The number of imide groups is 1. The quantitative estimate of drug-likeness (QED) is 0.591. The number of nitrogens with one attached hydrogen (secondary N) is 1. The zero-order chi connectivity index (χ0) is 12.7. The predicted octanol–water partition coefficient (Wildman–Crippen LogP) is 0.938. The molecule has 0 bridgehead atoms. The van der Waals surface area contributed by atoms with Gasteiger partial charge in [-0.05, 0) is 23.8 Å². The fraction of sp³-hybridized carbons (Fsp3) is 0.167. The first kappa shape index (κ1) is 10.6. The Labute approximate surface area is 103 Å². The smallest absolute Gasteiger partial charge is 0.328 e. The summed E-state index contributed by atoms with van der Waals surface area (Å²) in [6.07, 6.45) is 1.63. The molecule has 1 N–H and O–H groups in total. The number of nitrogens with zero attached hydrogens (tertiary/aromatic N) is 1. The Hall–Kier alpha value is -2.50. The van der Waals surface area contributed by atoms with Crippen molar-refractivity contribution in [3.05, 3.63) is 29.5 Å². The van der Waals surface area contributed by atoms with Crippen molar-refractivity contribution in [3.8, 4) is 11.5 Å². The molecule has 1 aromatic carbocycles. The van der Waals surface area contributed by atoms with Crippen LogP contribution in [0.15, 0.2) is 23.9 Å². The van der Waals surface area contributed by atoms with Crippen molar-refractivity contribution in [2.24, 2.45) is 0 Å². The van der Waals surface area contributed by atoms with Crippen LogP contribution in [-0.4, -0.2) is 30.7 Å². The molecule has 6 nitrogen and oxygen atoms in total. The second-order valence-corrected chi connectivity index (χ2v) is 3.96. The molecule has 1 fully saturated rings. The Morgan fingerprint density at radius 2 is 2.06 bits per heavy atom. The zero-order valence-corrected chi connectivity index (χ0v) is 9.60. The molecule has 0 aromatic heterocycles. The van der Waals surface area contributed by atoms with Crippen LogP contribution in [0.3, 0.4) is 0 Å². The Morgan fingerprint density at radius 3 is 2.78 bits per heavy atom. The van der Waals surface area contributed by atoms with Gasteiger partial charge in [0, 0.05) is 7.05 Å². The van der Waals surface area contributed by atoms with Crippen LogP contribution in [0, 0.1) is 0 Å². The van der Waals surface area contributed by atoms with E-state index < -0.39 is 11.9 Å². The number of hydrogen-bond donors (Lipinski definition) is 1. The largest absolute Gasteiger partial charge is 0.454 e. The average molecular weight is 246 g/mol. The predicted molar refractivity (Wildman–Crippen MR) is 61.8 cm³/mol. The minimum absolute atomic E-state index is 0.203. The lowest BCUT2D eigenvalue weighted by Crippen LogP contribution is -2.24. The molecular weight excluding hydrogens is 236 g/mol. The van der Waals surface area contributed by atoms with Crippen LogP contribution >= 0.6 is 0 Å². The molecule has 2 heterocycles. The fourth-order valence-electron chi connectivity index (χ4n) is 1.83. The molecule has 3 amide bonds. The Kier molecular flexibility index (Phi) is 2.22. The number of hydrogen-bond acceptors (Lipinski definition) is 4.